The van der Waals surface area contributed by atoms with Gasteiger partial charge in [0.05, 0.1) is 19.8 Å². The first-order chi connectivity index (χ1) is 10.3. The van der Waals surface area contributed by atoms with E-state index in [4.69, 9.17) is 9.47 Å². The van der Waals surface area contributed by atoms with Crippen molar-refractivity contribution in [3.63, 3.8) is 0 Å². The zero-order valence-electron chi connectivity index (χ0n) is 12.2. The summed E-state index contributed by atoms with van der Waals surface area (Å²) in [5, 5.41) is 10.2. The van der Waals surface area contributed by atoms with Crippen molar-refractivity contribution < 1.29 is 14.6 Å². The topological polar surface area (TPSA) is 38.7 Å². The van der Waals surface area contributed by atoms with Gasteiger partial charge in [0.15, 0.2) is 0 Å². The van der Waals surface area contributed by atoms with Gasteiger partial charge >= 0.3 is 0 Å². The molecule has 1 aliphatic carbocycles. The molecule has 1 atom stereocenters. The number of benzene rings is 2. The van der Waals surface area contributed by atoms with E-state index in [1.165, 1.54) is 22.3 Å². The average Bonchev–Trinajstić information content (AvgIpc) is 2.89. The normalized spacial score (nSPS) is 13.8. The van der Waals surface area contributed by atoms with Crippen LogP contribution in [0.3, 0.4) is 0 Å². The molecule has 2 aromatic carbocycles. The van der Waals surface area contributed by atoms with Gasteiger partial charge in [0.25, 0.3) is 0 Å². The number of hydrogen-bond acceptors (Lipinski definition) is 3. The smallest absolute Gasteiger partial charge is 0.102 e. The quantitative estimate of drug-likeness (QED) is 0.707. The summed E-state index contributed by atoms with van der Waals surface area (Å²) < 4.78 is 10.3. The first-order valence-corrected chi connectivity index (χ1v) is 7.25. The number of aliphatic hydroxyl groups is 1. The fraction of sp³-hybridized carbons (Fsp3) is 0.333. The lowest BCUT2D eigenvalue weighted by atomic mass is 10.0. The Balaban J connectivity index is 1.71. The second kappa shape index (κ2) is 6.39. The van der Waals surface area contributed by atoms with E-state index in [2.05, 4.69) is 36.4 Å². The summed E-state index contributed by atoms with van der Waals surface area (Å²) in [6, 6.07) is 14.7. The van der Waals surface area contributed by atoms with Crippen LogP contribution in [0.1, 0.15) is 22.8 Å². The molecule has 1 N–H and O–H groups in total. The minimum atomic E-state index is -0.587. The van der Waals surface area contributed by atoms with Crippen molar-refractivity contribution in [1.82, 2.24) is 0 Å². The molecule has 0 amide bonds. The van der Waals surface area contributed by atoms with Crippen LogP contribution in [-0.4, -0.2) is 32.0 Å². The van der Waals surface area contributed by atoms with E-state index in [-0.39, 0.29) is 0 Å². The van der Waals surface area contributed by atoms with Gasteiger partial charge in [-0.3, -0.25) is 0 Å². The van der Waals surface area contributed by atoms with Crippen molar-refractivity contribution in [2.24, 2.45) is 0 Å². The van der Waals surface area contributed by atoms with Crippen LogP contribution < -0.4 is 0 Å². The van der Waals surface area contributed by atoms with Crippen molar-refractivity contribution in [2.45, 2.75) is 12.5 Å². The second-order valence-corrected chi connectivity index (χ2v) is 5.33. The molecule has 0 radical (unpaired) electrons. The average molecular weight is 284 g/mol. The largest absolute Gasteiger partial charge is 0.386 e. The summed E-state index contributed by atoms with van der Waals surface area (Å²) in [5.41, 5.74) is 6.14. The molecule has 0 heterocycles. The fourth-order valence-electron chi connectivity index (χ4n) is 2.81. The molecule has 3 nitrogen and oxygen atoms in total. The van der Waals surface area contributed by atoms with E-state index in [1.54, 1.807) is 7.11 Å². The number of hydrogen-bond donors (Lipinski definition) is 1. The molecule has 110 valence electrons. The summed E-state index contributed by atoms with van der Waals surface area (Å²) in [5.74, 6) is 0. The van der Waals surface area contributed by atoms with Gasteiger partial charge in [-0.05, 0) is 34.2 Å². The predicted molar refractivity (Wildman–Crippen MR) is 82.3 cm³/mol. The molecule has 0 aliphatic heterocycles. The highest BCUT2D eigenvalue weighted by Crippen LogP contribution is 2.37. The maximum absolute atomic E-state index is 10.2. The highest BCUT2D eigenvalue weighted by Gasteiger charge is 2.19. The Hall–Kier alpha value is -1.68. The van der Waals surface area contributed by atoms with Crippen molar-refractivity contribution >= 4 is 0 Å². The van der Waals surface area contributed by atoms with E-state index in [1.807, 2.05) is 6.07 Å². The van der Waals surface area contributed by atoms with Crippen LogP contribution in [0.2, 0.25) is 0 Å². The molecule has 0 saturated heterocycles. The first kappa shape index (κ1) is 14.3. The van der Waals surface area contributed by atoms with E-state index >= 15 is 0 Å². The van der Waals surface area contributed by atoms with Gasteiger partial charge in [0, 0.05) is 7.11 Å². The molecule has 3 heteroatoms. The van der Waals surface area contributed by atoms with Crippen molar-refractivity contribution in [3.8, 4) is 11.1 Å². The van der Waals surface area contributed by atoms with Crippen LogP contribution >= 0.6 is 0 Å². The number of fused-ring (bicyclic) bond motifs is 3. The first-order valence-electron chi connectivity index (χ1n) is 7.25. The van der Waals surface area contributed by atoms with Gasteiger partial charge in [-0.2, -0.15) is 0 Å². The molecule has 1 unspecified atom stereocenters. The van der Waals surface area contributed by atoms with Crippen LogP contribution in [-0.2, 0) is 15.9 Å². The summed E-state index contributed by atoms with van der Waals surface area (Å²) in [7, 11) is 1.64. The van der Waals surface area contributed by atoms with Gasteiger partial charge in [0.1, 0.15) is 6.10 Å². The second-order valence-electron chi connectivity index (χ2n) is 5.33. The number of rotatable bonds is 6. The van der Waals surface area contributed by atoms with Crippen LogP contribution in [0, 0.1) is 0 Å². The highest BCUT2D eigenvalue weighted by atomic mass is 16.5. The predicted octanol–water partition coefficient (Wildman–Crippen LogP) is 2.95. The summed E-state index contributed by atoms with van der Waals surface area (Å²) >= 11 is 0. The Morgan fingerprint density at radius 2 is 1.86 bits per heavy atom. The molecule has 2 aromatic rings. The Labute approximate surface area is 125 Å². The maximum Gasteiger partial charge on any atom is 0.102 e. The Bertz CT molecular complexity index is 622. The monoisotopic (exact) mass is 284 g/mol. The summed E-state index contributed by atoms with van der Waals surface area (Å²) in [4.78, 5) is 0. The molecular formula is C18H20O3. The van der Waals surface area contributed by atoms with Gasteiger partial charge in [-0.15, -0.1) is 0 Å². The number of methoxy groups -OCH3 is 1. The number of ether oxygens (including phenoxy) is 2. The lowest BCUT2D eigenvalue weighted by molar-refractivity contribution is 0.0126. The van der Waals surface area contributed by atoms with E-state index in [0.29, 0.717) is 19.8 Å². The fourth-order valence-corrected chi connectivity index (χ4v) is 2.81. The molecule has 21 heavy (non-hydrogen) atoms. The minimum absolute atomic E-state index is 0.301. The lowest BCUT2D eigenvalue weighted by Crippen LogP contribution is -2.10. The molecule has 3 rings (SSSR count). The lowest BCUT2D eigenvalue weighted by Gasteiger charge is -2.13. The molecule has 0 fully saturated rings. The number of aliphatic hydroxyl groups excluding tert-OH is 1. The van der Waals surface area contributed by atoms with Gasteiger partial charge in [-0.25, -0.2) is 0 Å². The molecule has 0 bridgehead atoms. The maximum atomic E-state index is 10.2. The molecule has 0 spiro atoms. The van der Waals surface area contributed by atoms with Crippen LogP contribution in [0.25, 0.3) is 11.1 Å². The van der Waals surface area contributed by atoms with Crippen molar-refractivity contribution in [2.75, 3.05) is 26.9 Å². The third-order valence-electron chi connectivity index (χ3n) is 3.91. The van der Waals surface area contributed by atoms with Crippen LogP contribution in [0.15, 0.2) is 42.5 Å². The Kier molecular flexibility index (Phi) is 4.34. The molecule has 0 aromatic heterocycles. The van der Waals surface area contributed by atoms with Crippen molar-refractivity contribution in [3.05, 3.63) is 59.2 Å². The Morgan fingerprint density at radius 3 is 2.71 bits per heavy atom. The zero-order valence-corrected chi connectivity index (χ0v) is 12.2. The van der Waals surface area contributed by atoms with Gasteiger partial charge in [0.2, 0.25) is 0 Å². The minimum Gasteiger partial charge on any atom is -0.386 e. The van der Waals surface area contributed by atoms with Crippen LogP contribution in [0.5, 0.6) is 0 Å². The van der Waals surface area contributed by atoms with E-state index in [9.17, 15) is 5.11 Å². The molecular weight excluding hydrogens is 264 g/mol. The SMILES string of the molecule is COCCOCC(O)c1ccc2c(c1)Cc1ccccc1-2. The highest BCUT2D eigenvalue weighted by molar-refractivity contribution is 5.76. The summed E-state index contributed by atoms with van der Waals surface area (Å²) in [6.45, 7) is 1.35. The van der Waals surface area contributed by atoms with Crippen molar-refractivity contribution in [1.29, 1.82) is 0 Å². The van der Waals surface area contributed by atoms with Crippen LogP contribution in [0.4, 0.5) is 0 Å². The Morgan fingerprint density at radius 1 is 1.05 bits per heavy atom. The zero-order chi connectivity index (χ0) is 14.7. The van der Waals surface area contributed by atoms with E-state index < -0.39 is 6.10 Å². The third-order valence-corrected chi connectivity index (χ3v) is 3.91. The summed E-state index contributed by atoms with van der Waals surface area (Å²) in [6.07, 6.45) is 0.354. The van der Waals surface area contributed by atoms with Gasteiger partial charge < -0.3 is 14.6 Å². The molecule has 0 saturated carbocycles. The standard InChI is InChI=1S/C18H20O3/c1-20-8-9-21-12-18(19)14-6-7-17-15(11-14)10-13-4-2-3-5-16(13)17/h2-7,11,18-19H,8-10,12H2,1H3. The van der Waals surface area contributed by atoms with Gasteiger partial charge in [-0.1, -0.05) is 42.5 Å². The van der Waals surface area contributed by atoms with E-state index in [0.717, 1.165) is 12.0 Å². The third kappa shape index (κ3) is 3.00. The molecule has 1 aliphatic rings.